The zero-order chi connectivity index (χ0) is 8.81. The van der Waals surface area contributed by atoms with Gasteiger partial charge in [-0.1, -0.05) is 13.3 Å². The number of hydrogen-bond acceptors (Lipinski definition) is 3. The van der Waals surface area contributed by atoms with Crippen LogP contribution in [-0.4, -0.2) is 11.7 Å². The Labute approximate surface area is 71.4 Å². The molecule has 0 aliphatic carbocycles. The lowest BCUT2D eigenvalue weighted by Gasteiger charge is -2.00. The van der Waals surface area contributed by atoms with Gasteiger partial charge >= 0.3 is 6.20 Å². The summed E-state index contributed by atoms with van der Waals surface area (Å²) >= 11 is 0. The van der Waals surface area contributed by atoms with E-state index >= 15 is 0 Å². The van der Waals surface area contributed by atoms with E-state index < -0.39 is 0 Å². The van der Waals surface area contributed by atoms with Gasteiger partial charge in [0.25, 0.3) is 5.88 Å². The minimum absolute atomic E-state index is 0.359. The van der Waals surface area contributed by atoms with Crippen LogP contribution < -0.4 is 9.58 Å². The standard InChI is InChI=1S/C8H11N2O2/c1-2-3-7-12-8-5-4-6-10(11)9-8/h4-5H,2-3,7H2,1H3. The first kappa shape index (κ1) is 8.77. The van der Waals surface area contributed by atoms with Crippen LogP contribution in [-0.2, 0) is 0 Å². The molecule has 4 nitrogen and oxygen atoms in total. The van der Waals surface area contributed by atoms with Crippen molar-refractivity contribution in [3.63, 3.8) is 0 Å². The minimum atomic E-state index is 0.359. The average molecular weight is 167 g/mol. The third-order valence-electron chi connectivity index (χ3n) is 1.35. The first-order chi connectivity index (χ1) is 5.83. The molecule has 1 aromatic heterocycles. The normalized spacial score (nSPS) is 9.75. The number of aromatic nitrogens is 2. The van der Waals surface area contributed by atoms with Crippen molar-refractivity contribution < 1.29 is 9.58 Å². The molecule has 0 saturated heterocycles. The lowest BCUT2D eigenvalue weighted by molar-refractivity contribution is -0.673. The second kappa shape index (κ2) is 4.54. The first-order valence-corrected chi connectivity index (χ1v) is 3.94. The SMILES string of the molecule is CCCCOc1cc[c][n+]([O-])n1. The van der Waals surface area contributed by atoms with Crippen LogP contribution in [0.25, 0.3) is 0 Å². The molecule has 0 saturated carbocycles. The Morgan fingerprint density at radius 3 is 3.25 bits per heavy atom. The average Bonchev–Trinajstić information content (AvgIpc) is 2.05. The molecule has 0 aliphatic heterocycles. The van der Waals surface area contributed by atoms with Crippen LogP contribution in [0.2, 0.25) is 0 Å². The van der Waals surface area contributed by atoms with Crippen molar-refractivity contribution in [2.24, 2.45) is 0 Å². The van der Waals surface area contributed by atoms with E-state index in [0.717, 1.165) is 12.8 Å². The summed E-state index contributed by atoms with van der Waals surface area (Å²) in [5.74, 6) is 0.359. The molecule has 0 bridgehead atoms. The highest BCUT2D eigenvalue weighted by Gasteiger charge is 1.98. The molecule has 4 heteroatoms. The summed E-state index contributed by atoms with van der Waals surface area (Å²) in [5.41, 5.74) is 0. The zero-order valence-corrected chi connectivity index (χ0v) is 6.99. The summed E-state index contributed by atoms with van der Waals surface area (Å²) in [5, 5.41) is 14.1. The molecule has 12 heavy (non-hydrogen) atoms. The molecule has 0 amide bonds. The fourth-order valence-electron chi connectivity index (χ4n) is 0.722. The Bertz CT molecular complexity index is 240. The molecule has 0 aromatic carbocycles. The molecular weight excluding hydrogens is 156 g/mol. The third-order valence-corrected chi connectivity index (χ3v) is 1.35. The topological polar surface area (TPSA) is 49.1 Å². The fraction of sp³-hybridized carbons (Fsp3) is 0.500. The van der Waals surface area contributed by atoms with E-state index in [1.165, 1.54) is 6.07 Å². The highest BCUT2D eigenvalue weighted by molar-refractivity contribution is 5.02. The van der Waals surface area contributed by atoms with E-state index in [2.05, 4.69) is 18.2 Å². The van der Waals surface area contributed by atoms with Crippen LogP contribution in [0.4, 0.5) is 0 Å². The van der Waals surface area contributed by atoms with Gasteiger partial charge < -0.3 is 9.94 Å². The largest absolute Gasteiger partial charge is 0.594 e. The van der Waals surface area contributed by atoms with Gasteiger partial charge in [-0.15, -0.1) is 0 Å². The van der Waals surface area contributed by atoms with Gasteiger partial charge in [0.15, 0.2) is 0 Å². The third kappa shape index (κ3) is 2.74. The van der Waals surface area contributed by atoms with Crippen LogP contribution >= 0.6 is 0 Å². The van der Waals surface area contributed by atoms with Crippen LogP contribution in [0, 0.1) is 11.4 Å². The van der Waals surface area contributed by atoms with Crippen LogP contribution in [0.15, 0.2) is 12.1 Å². The smallest absolute Gasteiger partial charge is 0.319 e. The molecule has 1 aromatic rings. The second-order valence-electron chi connectivity index (χ2n) is 2.38. The quantitative estimate of drug-likeness (QED) is 0.376. The van der Waals surface area contributed by atoms with E-state index in [1.54, 1.807) is 6.07 Å². The zero-order valence-electron chi connectivity index (χ0n) is 6.99. The number of nitrogens with zero attached hydrogens (tertiary/aromatic N) is 2. The van der Waals surface area contributed by atoms with E-state index in [1.807, 2.05) is 0 Å². The maximum absolute atomic E-state index is 10.6. The maximum Gasteiger partial charge on any atom is 0.319 e. The predicted molar refractivity (Wildman–Crippen MR) is 42.4 cm³/mol. The van der Waals surface area contributed by atoms with Crippen molar-refractivity contribution in [1.29, 1.82) is 0 Å². The maximum atomic E-state index is 10.6. The number of rotatable bonds is 4. The second-order valence-corrected chi connectivity index (χ2v) is 2.38. The van der Waals surface area contributed by atoms with Crippen molar-refractivity contribution in [1.82, 2.24) is 5.10 Å². The van der Waals surface area contributed by atoms with Crippen LogP contribution in [0.1, 0.15) is 19.8 Å². The molecule has 65 valence electrons. The lowest BCUT2D eigenvalue weighted by atomic mass is 10.4. The summed E-state index contributed by atoms with van der Waals surface area (Å²) < 4.78 is 5.18. The van der Waals surface area contributed by atoms with E-state index in [9.17, 15) is 5.21 Å². The van der Waals surface area contributed by atoms with E-state index in [4.69, 9.17) is 4.74 Å². The van der Waals surface area contributed by atoms with Crippen LogP contribution in [0.5, 0.6) is 5.88 Å². The minimum Gasteiger partial charge on any atom is -0.594 e. The van der Waals surface area contributed by atoms with Crippen LogP contribution in [0.3, 0.4) is 0 Å². The van der Waals surface area contributed by atoms with Gasteiger partial charge in [0.05, 0.1) is 11.7 Å². The molecule has 0 spiro atoms. The summed E-state index contributed by atoms with van der Waals surface area (Å²) in [6, 6.07) is 3.10. The lowest BCUT2D eigenvalue weighted by Crippen LogP contribution is -2.30. The van der Waals surface area contributed by atoms with Gasteiger partial charge in [-0.2, -0.15) is 0 Å². The first-order valence-electron chi connectivity index (χ1n) is 3.94. The van der Waals surface area contributed by atoms with Gasteiger partial charge in [-0.25, -0.2) is 0 Å². The van der Waals surface area contributed by atoms with Crippen molar-refractivity contribution in [2.45, 2.75) is 19.8 Å². The Morgan fingerprint density at radius 1 is 1.75 bits per heavy atom. The van der Waals surface area contributed by atoms with E-state index in [0.29, 0.717) is 17.3 Å². The Morgan fingerprint density at radius 2 is 2.58 bits per heavy atom. The molecule has 1 heterocycles. The van der Waals surface area contributed by atoms with Crippen molar-refractivity contribution >= 4 is 0 Å². The highest BCUT2D eigenvalue weighted by atomic mass is 16.5. The molecule has 0 aliphatic rings. The summed E-state index contributed by atoms with van der Waals surface area (Å²) in [6.07, 6.45) is 4.37. The van der Waals surface area contributed by atoms with Crippen molar-refractivity contribution in [2.75, 3.05) is 6.61 Å². The van der Waals surface area contributed by atoms with Gasteiger partial charge in [0.1, 0.15) is 0 Å². The molecule has 1 radical (unpaired) electrons. The Hall–Kier alpha value is -1.32. The molecule has 0 unspecified atom stereocenters. The summed E-state index contributed by atoms with van der Waals surface area (Å²) in [6.45, 7) is 2.68. The number of hydrogen-bond donors (Lipinski definition) is 0. The molecule has 0 atom stereocenters. The predicted octanol–water partition coefficient (Wildman–Crippen LogP) is 0.694. The van der Waals surface area contributed by atoms with Gasteiger partial charge in [0, 0.05) is 12.1 Å². The van der Waals surface area contributed by atoms with E-state index in [-0.39, 0.29) is 0 Å². The number of ether oxygens (including phenoxy) is 1. The summed E-state index contributed by atoms with van der Waals surface area (Å²) in [7, 11) is 0. The van der Waals surface area contributed by atoms with Crippen molar-refractivity contribution in [3.05, 3.63) is 23.5 Å². The summed E-state index contributed by atoms with van der Waals surface area (Å²) in [4.78, 5) is 0.362. The Balaban J connectivity index is 2.41. The molecule has 1 rings (SSSR count). The number of unbranched alkanes of at least 4 members (excludes halogenated alkanes) is 1. The Kier molecular flexibility index (Phi) is 3.32. The van der Waals surface area contributed by atoms with Gasteiger partial charge in [-0.05, 0) is 11.3 Å². The molecule has 0 fully saturated rings. The fourth-order valence-corrected chi connectivity index (χ4v) is 0.722. The van der Waals surface area contributed by atoms with Gasteiger partial charge in [-0.3, -0.25) is 0 Å². The highest BCUT2D eigenvalue weighted by Crippen LogP contribution is 2.01. The molecule has 0 N–H and O–H groups in total. The monoisotopic (exact) mass is 167 g/mol. The molecular formula is C8H11N2O2. The van der Waals surface area contributed by atoms with Gasteiger partial charge in [0.2, 0.25) is 0 Å². The van der Waals surface area contributed by atoms with Crippen molar-refractivity contribution in [3.8, 4) is 5.88 Å².